The summed E-state index contributed by atoms with van der Waals surface area (Å²) < 4.78 is 27.8. The number of ether oxygens (including phenoxy) is 2. The lowest BCUT2D eigenvalue weighted by molar-refractivity contribution is -0.0136. The molecule has 0 aliphatic carbocycles. The number of anilines is 1. The molecule has 0 spiro atoms. The van der Waals surface area contributed by atoms with E-state index in [2.05, 4.69) is 15.3 Å². The van der Waals surface area contributed by atoms with Gasteiger partial charge in [-0.05, 0) is 45.2 Å². The first kappa shape index (κ1) is 26.6. The quantitative estimate of drug-likeness (QED) is 0.485. The number of carbonyl (C=O) groups is 1. The van der Waals surface area contributed by atoms with Gasteiger partial charge in [0.25, 0.3) is 0 Å². The molecule has 204 valence electrons. The number of aliphatic hydroxyl groups is 1. The van der Waals surface area contributed by atoms with E-state index in [1.807, 2.05) is 24.5 Å². The standard InChI is InChI=1S/C26H32ClFN6O4/c1-14(2)34-20-10-16(22-17(27)11-29-25(32-22)30-19-6-8-38-13-21(19)35)9-18(28)23(20)31-24(34)15-5-4-7-33(12-15)26(36)37-3/h9-11,14-15,19,21,35H,4-8,12-13H2,1-3H3,(H,29,30,32)/t15-,19?,21+/m0/s1. The van der Waals surface area contributed by atoms with Crippen LogP contribution in [-0.2, 0) is 9.47 Å². The second-order valence-electron chi connectivity index (χ2n) is 10.1. The fourth-order valence-corrected chi connectivity index (χ4v) is 5.52. The molecule has 3 atom stereocenters. The molecule has 12 heteroatoms. The summed E-state index contributed by atoms with van der Waals surface area (Å²) in [6, 6.07) is 2.96. The Morgan fingerprint density at radius 3 is 2.87 bits per heavy atom. The molecule has 38 heavy (non-hydrogen) atoms. The molecule has 2 aliphatic rings. The Kier molecular flexibility index (Phi) is 7.69. The number of hydrogen-bond donors (Lipinski definition) is 2. The van der Waals surface area contributed by atoms with Crippen molar-refractivity contribution in [3.63, 3.8) is 0 Å². The molecule has 2 N–H and O–H groups in total. The maximum absolute atomic E-state index is 15.6. The van der Waals surface area contributed by atoms with Gasteiger partial charge in [0.15, 0.2) is 5.82 Å². The molecule has 0 saturated carbocycles. The van der Waals surface area contributed by atoms with Crippen LogP contribution in [0.3, 0.4) is 0 Å². The summed E-state index contributed by atoms with van der Waals surface area (Å²) in [5.74, 6) is 0.496. The Balaban J connectivity index is 1.53. The minimum atomic E-state index is -0.686. The van der Waals surface area contributed by atoms with Crippen molar-refractivity contribution < 1.29 is 23.8 Å². The van der Waals surface area contributed by atoms with Crippen LogP contribution in [0.4, 0.5) is 15.1 Å². The molecule has 5 rings (SSSR count). The number of methoxy groups -OCH3 is 1. The highest BCUT2D eigenvalue weighted by molar-refractivity contribution is 6.33. The van der Waals surface area contributed by atoms with Gasteiger partial charge in [-0.15, -0.1) is 0 Å². The van der Waals surface area contributed by atoms with Gasteiger partial charge >= 0.3 is 6.09 Å². The Morgan fingerprint density at radius 2 is 2.13 bits per heavy atom. The summed E-state index contributed by atoms with van der Waals surface area (Å²) >= 11 is 6.48. The minimum absolute atomic E-state index is 0.00809. The second-order valence-corrected chi connectivity index (χ2v) is 10.5. The summed E-state index contributed by atoms with van der Waals surface area (Å²) in [6.07, 6.45) is 2.66. The second kappa shape index (κ2) is 11.0. The molecule has 2 fully saturated rings. The van der Waals surface area contributed by atoms with Crippen LogP contribution in [0.2, 0.25) is 5.02 Å². The molecule has 3 aromatic rings. The summed E-state index contributed by atoms with van der Waals surface area (Å²) in [4.78, 5) is 27.4. The maximum atomic E-state index is 15.6. The number of nitrogens with zero attached hydrogens (tertiary/aromatic N) is 5. The molecule has 4 heterocycles. The zero-order chi connectivity index (χ0) is 27.0. The predicted octanol–water partition coefficient (Wildman–Crippen LogP) is 4.37. The molecular weight excluding hydrogens is 515 g/mol. The number of aliphatic hydroxyl groups excluding tert-OH is 1. The first-order chi connectivity index (χ1) is 18.3. The number of nitrogens with one attached hydrogen (secondary N) is 1. The largest absolute Gasteiger partial charge is 0.453 e. The van der Waals surface area contributed by atoms with Gasteiger partial charge in [-0.3, -0.25) is 0 Å². The van der Waals surface area contributed by atoms with Crippen molar-refractivity contribution in [1.82, 2.24) is 24.4 Å². The molecular formula is C26H32ClFN6O4. The zero-order valence-corrected chi connectivity index (χ0v) is 22.4. The molecule has 0 bridgehead atoms. The zero-order valence-electron chi connectivity index (χ0n) is 21.7. The van der Waals surface area contributed by atoms with Crippen molar-refractivity contribution in [2.24, 2.45) is 0 Å². The van der Waals surface area contributed by atoms with Crippen LogP contribution < -0.4 is 5.32 Å². The van der Waals surface area contributed by atoms with Crippen LogP contribution in [0.15, 0.2) is 18.3 Å². The van der Waals surface area contributed by atoms with E-state index in [0.29, 0.717) is 48.8 Å². The number of halogens is 2. The Hall–Kier alpha value is -3.02. The van der Waals surface area contributed by atoms with Gasteiger partial charge in [-0.1, -0.05) is 11.6 Å². The predicted molar refractivity (Wildman–Crippen MR) is 141 cm³/mol. The lowest BCUT2D eigenvalue weighted by atomic mass is 9.97. The number of piperidine rings is 1. The lowest BCUT2D eigenvalue weighted by Gasteiger charge is -2.32. The number of hydrogen-bond acceptors (Lipinski definition) is 8. The molecule has 1 amide bonds. The van der Waals surface area contributed by atoms with Crippen LogP contribution in [0.5, 0.6) is 0 Å². The number of imidazole rings is 1. The van der Waals surface area contributed by atoms with E-state index in [1.54, 1.807) is 4.90 Å². The molecule has 1 aromatic carbocycles. The van der Waals surface area contributed by atoms with Crippen LogP contribution in [-0.4, -0.2) is 81.2 Å². The number of rotatable bonds is 5. The number of fused-ring (bicyclic) bond motifs is 1. The van der Waals surface area contributed by atoms with Gasteiger partial charge in [0.05, 0.1) is 48.3 Å². The van der Waals surface area contributed by atoms with Gasteiger partial charge in [-0.25, -0.2) is 24.1 Å². The smallest absolute Gasteiger partial charge is 0.409 e. The van der Waals surface area contributed by atoms with Crippen LogP contribution in [0.25, 0.3) is 22.3 Å². The van der Waals surface area contributed by atoms with Gasteiger partial charge in [-0.2, -0.15) is 0 Å². The first-order valence-electron chi connectivity index (χ1n) is 12.9. The summed E-state index contributed by atoms with van der Waals surface area (Å²) in [5, 5.41) is 13.6. The van der Waals surface area contributed by atoms with Gasteiger partial charge in [0.1, 0.15) is 11.3 Å². The van der Waals surface area contributed by atoms with E-state index in [-0.39, 0.29) is 41.2 Å². The summed E-state index contributed by atoms with van der Waals surface area (Å²) in [7, 11) is 1.37. The highest BCUT2D eigenvalue weighted by atomic mass is 35.5. The first-order valence-corrected chi connectivity index (χ1v) is 13.2. The maximum Gasteiger partial charge on any atom is 0.409 e. The molecule has 10 nitrogen and oxygen atoms in total. The molecule has 2 saturated heterocycles. The number of benzene rings is 1. The average Bonchev–Trinajstić information content (AvgIpc) is 3.31. The van der Waals surface area contributed by atoms with Crippen LogP contribution in [0, 0.1) is 5.82 Å². The molecule has 2 aromatic heterocycles. The highest BCUT2D eigenvalue weighted by Crippen LogP contribution is 2.36. The summed E-state index contributed by atoms with van der Waals surface area (Å²) in [5.41, 5.74) is 1.76. The third kappa shape index (κ3) is 5.14. The highest BCUT2D eigenvalue weighted by Gasteiger charge is 2.31. The van der Waals surface area contributed by atoms with Gasteiger partial charge < -0.3 is 29.4 Å². The Bertz CT molecular complexity index is 1330. The normalized spacial score (nSPS) is 22.2. The Labute approximate surface area is 225 Å². The number of carbonyl (C=O) groups excluding carboxylic acids is 1. The minimum Gasteiger partial charge on any atom is -0.453 e. The number of likely N-dealkylation sites (tertiary alicyclic amines) is 1. The Morgan fingerprint density at radius 1 is 1.32 bits per heavy atom. The monoisotopic (exact) mass is 546 g/mol. The van der Waals surface area contributed by atoms with E-state index in [1.165, 1.54) is 19.4 Å². The van der Waals surface area contributed by atoms with Gasteiger partial charge in [0, 0.05) is 37.2 Å². The third-order valence-corrected chi connectivity index (χ3v) is 7.45. The third-order valence-electron chi connectivity index (χ3n) is 7.17. The fourth-order valence-electron chi connectivity index (χ4n) is 5.32. The van der Waals surface area contributed by atoms with E-state index in [0.717, 1.165) is 18.7 Å². The number of amides is 1. The topological polar surface area (TPSA) is 115 Å². The number of aromatic nitrogens is 4. The van der Waals surface area contributed by atoms with Crippen molar-refractivity contribution in [3.05, 3.63) is 35.0 Å². The lowest BCUT2D eigenvalue weighted by Crippen LogP contribution is -2.42. The van der Waals surface area contributed by atoms with E-state index in [4.69, 9.17) is 26.1 Å². The van der Waals surface area contributed by atoms with E-state index >= 15 is 4.39 Å². The van der Waals surface area contributed by atoms with Crippen molar-refractivity contribution >= 4 is 34.7 Å². The van der Waals surface area contributed by atoms with Crippen molar-refractivity contribution in [2.75, 3.05) is 38.7 Å². The van der Waals surface area contributed by atoms with Crippen LogP contribution in [0.1, 0.15) is 50.9 Å². The van der Waals surface area contributed by atoms with Crippen molar-refractivity contribution in [2.45, 2.75) is 57.2 Å². The van der Waals surface area contributed by atoms with E-state index < -0.39 is 11.9 Å². The van der Waals surface area contributed by atoms with Gasteiger partial charge in [0.2, 0.25) is 5.95 Å². The molecule has 2 aliphatic heterocycles. The van der Waals surface area contributed by atoms with Crippen molar-refractivity contribution in [3.8, 4) is 11.3 Å². The van der Waals surface area contributed by atoms with Crippen LogP contribution >= 0.6 is 11.6 Å². The van der Waals surface area contributed by atoms with Crippen molar-refractivity contribution in [1.29, 1.82) is 0 Å². The SMILES string of the molecule is COC(=O)N1CCC[C@H](c2nc3c(F)cc(-c4nc(NC5CCOC[C@H]5O)ncc4Cl)cc3n2C(C)C)C1. The average molecular weight is 547 g/mol. The molecule has 0 radical (unpaired) electrons. The van der Waals surface area contributed by atoms with E-state index in [9.17, 15) is 9.90 Å². The summed E-state index contributed by atoms with van der Waals surface area (Å²) in [6.45, 7) is 5.89. The fraction of sp³-hybridized carbons (Fsp3) is 0.538. The molecule has 1 unspecified atom stereocenters.